The van der Waals surface area contributed by atoms with Crippen molar-refractivity contribution in [3.63, 3.8) is 0 Å². The minimum absolute atomic E-state index is 0.117. The van der Waals surface area contributed by atoms with Crippen molar-refractivity contribution in [3.05, 3.63) is 0 Å². The summed E-state index contributed by atoms with van der Waals surface area (Å²) in [7, 11) is 0. The van der Waals surface area contributed by atoms with Gasteiger partial charge in [0.15, 0.2) is 24.6 Å². The first-order valence-electron chi connectivity index (χ1n) is 12.4. The normalized spacial score (nSPS) is 23.9. The predicted molar refractivity (Wildman–Crippen MR) is 129 cm³/mol. The molecule has 0 radical (unpaired) electrons. The van der Waals surface area contributed by atoms with Crippen molar-refractivity contribution in [2.75, 3.05) is 18.5 Å². The van der Waals surface area contributed by atoms with Gasteiger partial charge in [0.25, 0.3) is 0 Å². The molecule has 0 spiro atoms. The monoisotopic (exact) mass is 566 g/mol. The lowest BCUT2D eigenvalue weighted by molar-refractivity contribution is -0.307. The molecular weight excluding hydrogens is 528 g/mol. The molecule has 0 N–H and O–H groups in total. The van der Waals surface area contributed by atoms with Crippen molar-refractivity contribution in [3.8, 4) is 0 Å². The van der Waals surface area contributed by atoms with Crippen LogP contribution in [0.15, 0.2) is 0 Å². The smallest absolute Gasteiger partial charge is 0.306 e. The van der Waals surface area contributed by atoms with E-state index >= 15 is 0 Å². The first kappa shape index (κ1) is 31.3. The second-order valence-electron chi connectivity index (χ2n) is 8.15. The highest BCUT2D eigenvalue weighted by atomic mass is 79.9. The highest BCUT2D eigenvalue weighted by Crippen LogP contribution is 2.31. The van der Waals surface area contributed by atoms with Crippen molar-refractivity contribution in [2.45, 2.75) is 110 Å². The number of rotatable bonds is 16. The van der Waals surface area contributed by atoms with E-state index in [2.05, 4.69) is 15.9 Å². The van der Waals surface area contributed by atoms with Gasteiger partial charge in [-0.1, -0.05) is 43.6 Å². The van der Waals surface area contributed by atoms with Gasteiger partial charge in [0.2, 0.25) is 0 Å². The standard InChI is InChI=1S/C24H39BrO10/c1-5-9-17(26)31-15-16-21(33-18(27)10-6-2)22(34-19(28)11-7-3)23(35-20(29)12-8-4)24(32-16)30-14-13-25/h16,21-24H,5-15H2,1-4H3/t16-,21-,22+,23-,24?/m1/s1. The van der Waals surface area contributed by atoms with E-state index in [1.54, 1.807) is 0 Å². The van der Waals surface area contributed by atoms with Gasteiger partial charge in [0.1, 0.15) is 12.7 Å². The molecule has 0 saturated carbocycles. The maximum atomic E-state index is 12.5. The molecule has 0 amide bonds. The van der Waals surface area contributed by atoms with E-state index in [-0.39, 0.29) is 38.9 Å². The van der Waals surface area contributed by atoms with Crippen LogP contribution in [0.4, 0.5) is 0 Å². The molecule has 35 heavy (non-hydrogen) atoms. The Hall–Kier alpha value is -1.72. The molecule has 0 bridgehead atoms. The zero-order valence-electron chi connectivity index (χ0n) is 21.1. The SMILES string of the molecule is CCCC(=O)OC[C@H]1OC(OCCBr)[C@H](OC(=O)CCC)[C@@H](OC(=O)CCC)[C@@H]1OC(=O)CCC. The summed E-state index contributed by atoms with van der Waals surface area (Å²) in [5.74, 6) is -2.06. The average molecular weight is 567 g/mol. The third-order valence-electron chi connectivity index (χ3n) is 4.98. The molecule has 1 heterocycles. The molecule has 1 fully saturated rings. The Morgan fingerprint density at radius 1 is 0.686 bits per heavy atom. The Kier molecular flexibility index (Phi) is 15.8. The van der Waals surface area contributed by atoms with Crippen molar-refractivity contribution >= 4 is 39.8 Å². The van der Waals surface area contributed by atoms with Crippen LogP contribution in [0.25, 0.3) is 0 Å². The van der Waals surface area contributed by atoms with Crippen LogP contribution in [0, 0.1) is 0 Å². The predicted octanol–water partition coefficient (Wildman–Crippen LogP) is 3.60. The second kappa shape index (κ2) is 17.7. The van der Waals surface area contributed by atoms with Crippen LogP contribution in [0.1, 0.15) is 79.1 Å². The van der Waals surface area contributed by atoms with Crippen LogP contribution in [0.3, 0.4) is 0 Å². The average Bonchev–Trinajstić information content (AvgIpc) is 2.80. The lowest BCUT2D eigenvalue weighted by atomic mass is 9.98. The summed E-state index contributed by atoms with van der Waals surface area (Å²) in [5.41, 5.74) is 0. The van der Waals surface area contributed by atoms with Crippen molar-refractivity contribution in [1.29, 1.82) is 0 Å². The van der Waals surface area contributed by atoms with Gasteiger partial charge in [-0.25, -0.2) is 0 Å². The summed E-state index contributed by atoms with van der Waals surface area (Å²) >= 11 is 3.28. The second-order valence-corrected chi connectivity index (χ2v) is 8.94. The van der Waals surface area contributed by atoms with Gasteiger partial charge in [-0.05, 0) is 25.7 Å². The van der Waals surface area contributed by atoms with E-state index in [0.717, 1.165) is 0 Å². The molecule has 202 valence electrons. The molecule has 1 saturated heterocycles. The van der Waals surface area contributed by atoms with Gasteiger partial charge < -0.3 is 28.4 Å². The Bertz CT molecular complexity index is 671. The number of ether oxygens (including phenoxy) is 6. The maximum Gasteiger partial charge on any atom is 0.306 e. The van der Waals surface area contributed by atoms with Crippen LogP contribution < -0.4 is 0 Å². The summed E-state index contributed by atoms with van der Waals surface area (Å²) in [5, 5.41) is 0.466. The van der Waals surface area contributed by atoms with Gasteiger partial charge >= 0.3 is 23.9 Å². The molecule has 1 aliphatic heterocycles. The van der Waals surface area contributed by atoms with Crippen LogP contribution >= 0.6 is 15.9 Å². The first-order chi connectivity index (χ1) is 16.8. The van der Waals surface area contributed by atoms with Gasteiger partial charge in [0.05, 0.1) is 6.61 Å². The third-order valence-corrected chi connectivity index (χ3v) is 5.30. The molecule has 1 unspecified atom stereocenters. The molecule has 0 aliphatic carbocycles. The summed E-state index contributed by atoms with van der Waals surface area (Å²) in [4.78, 5) is 49.4. The quantitative estimate of drug-likeness (QED) is 0.155. The fraction of sp³-hybridized carbons (Fsp3) is 0.833. The number of alkyl halides is 1. The van der Waals surface area contributed by atoms with Gasteiger partial charge in [-0.2, -0.15) is 0 Å². The molecule has 11 heteroatoms. The Balaban J connectivity index is 3.36. The molecular formula is C24H39BrO10. The van der Waals surface area contributed by atoms with E-state index in [9.17, 15) is 19.2 Å². The van der Waals surface area contributed by atoms with E-state index in [1.807, 2.05) is 27.7 Å². The van der Waals surface area contributed by atoms with Gasteiger partial charge in [-0.15, -0.1) is 0 Å². The topological polar surface area (TPSA) is 124 Å². The largest absolute Gasteiger partial charge is 0.463 e. The Morgan fingerprint density at radius 3 is 1.63 bits per heavy atom. The van der Waals surface area contributed by atoms with Crippen molar-refractivity contribution in [2.24, 2.45) is 0 Å². The molecule has 10 nitrogen and oxygen atoms in total. The maximum absolute atomic E-state index is 12.5. The van der Waals surface area contributed by atoms with E-state index in [0.29, 0.717) is 31.0 Å². The van der Waals surface area contributed by atoms with Crippen LogP contribution in [0.2, 0.25) is 0 Å². The van der Waals surface area contributed by atoms with Crippen molar-refractivity contribution in [1.82, 2.24) is 0 Å². The zero-order valence-corrected chi connectivity index (χ0v) is 22.7. The molecule has 5 atom stereocenters. The minimum Gasteiger partial charge on any atom is -0.463 e. The van der Waals surface area contributed by atoms with Crippen LogP contribution in [0.5, 0.6) is 0 Å². The molecule has 0 aromatic carbocycles. The number of carbonyl (C=O) groups excluding carboxylic acids is 4. The summed E-state index contributed by atoms with van der Waals surface area (Å²) in [6.45, 7) is 7.25. The lowest BCUT2D eigenvalue weighted by Crippen LogP contribution is -2.63. The first-order valence-corrected chi connectivity index (χ1v) is 13.5. The third kappa shape index (κ3) is 11.3. The zero-order chi connectivity index (χ0) is 26.2. The highest BCUT2D eigenvalue weighted by Gasteiger charge is 2.53. The summed E-state index contributed by atoms with van der Waals surface area (Å²) < 4.78 is 34.1. The minimum atomic E-state index is -1.21. The van der Waals surface area contributed by atoms with E-state index in [1.165, 1.54) is 0 Å². The number of esters is 4. The van der Waals surface area contributed by atoms with E-state index < -0.39 is 54.6 Å². The van der Waals surface area contributed by atoms with Gasteiger partial charge in [-0.3, -0.25) is 19.2 Å². The molecule has 1 aliphatic rings. The number of hydrogen-bond acceptors (Lipinski definition) is 10. The molecule has 1 rings (SSSR count). The van der Waals surface area contributed by atoms with Crippen molar-refractivity contribution < 1.29 is 47.6 Å². The van der Waals surface area contributed by atoms with Crippen LogP contribution in [-0.2, 0) is 47.6 Å². The Labute approximate surface area is 215 Å². The van der Waals surface area contributed by atoms with Crippen LogP contribution in [-0.4, -0.2) is 73.1 Å². The Morgan fingerprint density at radius 2 is 1.14 bits per heavy atom. The highest BCUT2D eigenvalue weighted by molar-refractivity contribution is 9.09. The fourth-order valence-electron chi connectivity index (χ4n) is 3.41. The fourth-order valence-corrected chi connectivity index (χ4v) is 3.59. The number of carbonyl (C=O) groups is 4. The van der Waals surface area contributed by atoms with Gasteiger partial charge in [0, 0.05) is 31.0 Å². The number of hydrogen-bond donors (Lipinski definition) is 0. The molecule has 0 aromatic heterocycles. The van der Waals surface area contributed by atoms with E-state index in [4.69, 9.17) is 28.4 Å². The lowest BCUT2D eigenvalue weighted by Gasteiger charge is -2.44. The molecule has 0 aromatic rings. The summed E-state index contributed by atoms with van der Waals surface area (Å²) in [6, 6.07) is 0. The summed E-state index contributed by atoms with van der Waals surface area (Å²) in [6.07, 6.45) is -2.90. The number of halogens is 1.